The Kier molecular flexibility index (Phi) is 5.20. The molecule has 0 fully saturated rings. The van der Waals surface area contributed by atoms with Gasteiger partial charge in [0.2, 0.25) is 0 Å². The molecule has 1 aromatic carbocycles. The van der Waals surface area contributed by atoms with E-state index >= 15 is 0 Å². The van der Waals surface area contributed by atoms with Gasteiger partial charge in [-0.25, -0.2) is 4.98 Å². The maximum absolute atomic E-state index is 5.88. The number of nitrogens with zero attached hydrogens (tertiary/aromatic N) is 1. The van der Waals surface area contributed by atoms with Crippen LogP contribution < -0.4 is 10.1 Å². The highest BCUT2D eigenvalue weighted by Gasteiger charge is 2.14. The molecule has 0 aliphatic rings. The minimum atomic E-state index is 0.674. The minimum Gasteiger partial charge on any atom is -0.491 e. The number of thiazole rings is 1. The van der Waals surface area contributed by atoms with Crippen LogP contribution in [0.4, 0.5) is 5.13 Å². The van der Waals surface area contributed by atoms with Gasteiger partial charge in [-0.05, 0) is 31.4 Å². The number of methoxy groups -OCH3 is 1. The summed E-state index contributed by atoms with van der Waals surface area (Å²) in [5.74, 6) is 0.920. The molecule has 0 bridgehead atoms. The van der Waals surface area contributed by atoms with Crippen LogP contribution in [0.1, 0.15) is 24.5 Å². The molecule has 0 spiro atoms. The summed E-state index contributed by atoms with van der Waals surface area (Å²) in [6, 6.07) is 2.17. The first kappa shape index (κ1) is 15.1. The standard InChI is InChI=1S/C15H22N2O2S/c1-5-7-19-13-10(2)9-11(3)14-12(13)17-15(20-14)16-6-8-18-4/h9H,5-8H2,1-4H3,(H,16,17). The average Bonchev–Trinajstić information content (AvgIpc) is 2.83. The first-order chi connectivity index (χ1) is 9.67. The van der Waals surface area contributed by atoms with E-state index in [1.807, 2.05) is 0 Å². The van der Waals surface area contributed by atoms with E-state index in [-0.39, 0.29) is 0 Å². The fourth-order valence-electron chi connectivity index (χ4n) is 2.11. The summed E-state index contributed by atoms with van der Waals surface area (Å²) in [6.07, 6.45) is 0.998. The van der Waals surface area contributed by atoms with Crippen molar-refractivity contribution in [3.8, 4) is 5.75 Å². The molecule has 2 aromatic rings. The van der Waals surface area contributed by atoms with Gasteiger partial charge in [-0.3, -0.25) is 0 Å². The van der Waals surface area contributed by atoms with E-state index in [0.717, 1.165) is 41.5 Å². The van der Waals surface area contributed by atoms with E-state index in [9.17, 15) is 0 Å². The second-order valence-electron chi connectivity index (χ2n) is 4.80. The van der Waals surface area contributed by atoms with Gasteiger partial charge in [0.1, 0.15) is 11.3 Å². The Morgan fingerprint density at radius 1 is 1.25 bits per heavy atom. The van der Waals surface area contributed by atoms with E-state index in [1.165, 1.54) is 10.3 Å². The number of fused-ring (bicyclic) bond motifs is 1. The van der Waals surface area contributed by atoms with E-state index in [2.05, 4.69) is 37.1 Å². The molecule has 20 heavy (non-hydrogen) atoms. The summed E-state index contributed by atoms with van der Waals surface area (Å²) in [6.45, 7) is 8.47. The van der Waals surface area contributed by atoms with Gasteiger partial charge in [0.05, 0.1) is 17.9 Å². The molecule has 0 atom stereocenters. The monoisotopic (exact) mass is 294 g/mol. The number of ether oxygens (including phenoxy) is 2. The van der Waals surface area contributed by atoms with Crippen LogP contribution in [0.3, 0.4) is 0 Å². The summed E-state index contributed by atoms with van der Waals surface area (Å²) < 4.78 is 12.1. The highest BCUT2D eigenvalue weighted by molar-refractivity contribution is 7.22. The smallest absolute Gasteiger partial charge is 0.184 e. The molecule has 0 unspecified atom stereocenters. The molecule has 0 saturated heterocycles. The number of anilines is 1. The summed E-state index contributed by atoms with van der Waals surface area (Å²) in [5, 5.41) is 4.22. The highest BCUT2D eigenvalue weighted by Crippen LogP contribution is 2.37. The number of nitrogens with one attached hydrogen (secondary N) is 1. The van der Waals surface area contributed by atoms with Crippen molar-refractivity contribution >= 4 is 26.7 Å². The fourth-order valence-corrected chi connectivity index (χ4v) is 3.07. The van der Waals surface area contributed by atoms with E-state index in [0.29, 0.717) is 6.61 Å². The molecule has 1 heterocycles. The molecule has 2 rings (SSSR count). The van der Waals surface area contributed by atoms with Crippen molar-refractivity contribution in [3.05, 3.63) is 17.2 Å². The van der Waals surface area contributed by atoms with Gasteiger partial charge in [0.15, 0.2) is 5.13 Å². The predicted octanol–water partition coefficient (Wildman–Crippen LogP) is 3.76. The summed E-state index contributed by atoms with van der Waals surface area (Å²) in [4.78, 5) is 4.69. The Labute approximate surface area is 124 Å². The first-order valence-electron chi connectivity index (χ1n) is 6.93. The third kappa shape index (κ3) is 3.22. The van der Waals surface area contributed by atoms with Crippen LogP contribution in [0, 0.1) is 13.8 Å². The molecule has 0 amide bonds. The maximum atomic E-state index is 5.88. The number of aryl methyl sites for hydroxylation is 2. The third-order valence-corrected chi connectivity index (χ3v) is 4.17. The van der Waals surface area contributed by atoms with Crippen molar-refractivity contribution < 1.29 is 9.47 Å². The Bertz CT molecular complexity index is 581. The summed E-state index contributed by atoms with van der Waals surface area (Å²) in [5.41, 5.74) is 3.37. The molecule has 1 N–H and O–H groups in total. The predicted molar refractivity (Wildman–Crippen MR) is 85.2 cm³/mol. The summed E-state index contributed by atoms with van der Waals surface area (Å²) in [7, 11) is 1.70. The molecule has 5 heteroatoms. The molecule has 0 aliphatic heterocycles. The minimum absolute atomic E-state index is 0.674. The van der Waals surface area contributed by atoms with Crippen molar-refractivity contribution in [2.24, 2.45) is 0 Å². The average molecular weight is 294 g/mol. The molecule has 110 valence electrons. The highest BCUT2D eigenvalue weighted by atomic mass is 32.1. The van der Waals surface area contributed by atoms with Gasteiger partial charge >= 0.3 is 0 Å². The Morgan fingerprint density at radius 3 is 2.75 bits per heavy atom. The molecule has 1 aromatic heterocycles. The number of aromatic nitrogens is 1. The second kappa shape index (κ2) is 6.90. The van der Waals surface area contributed by atoms with Gasteiger partial charge in [-0.1, -0.05) is 24.3 Å². The van der Waals surface area contributed by atoms with Crippen LogP contribution in [0.15, 0.2) is 6.07 Å². The van der Waals surface area contributed by atoms with Crippen LogP contribution >= 0.6 is 11.3 Å². The molecule has 0 radical (unpaired) electrons. The van der Waals surface area contributed by atoms with Crippen LogP contribution in [-0.2, 0) is 4.74 Å². The van der Waals surface area contributed by atoms with Gasteiger partial charge < -0.3 is 14.8 Å². The lowest BCUT2D eigenvalue weighted by Gasteiger charge is -2.09. The largest absolute Gasteiger partial charge is 0.491 e. The molecular formula is C15H22N2O2S. The lowest BCUT2D eigenvalue weighted by molar-refractivity contribution is 0.211. The zero-order valence-electron chi connectivity index (χ0n) is 12.6. The maximum Gasteiger partial charge on any atom is 0.184 e. The van der Waals surface area contributed by atoms with Gasteiger partial charge in [-0.2, -0.15) is 0 Å². The number of hydrogen-bond donors (Lipinski definition) is 1. The number of rotatable bonds is 7. The van der Waals surface area contributed by atoms with Crippen LogP contribution in [0.5, 0.6) is 5.75 Å². The van der Waals surface area contributed by atoms with Gasteiger partial charge in [0, 0.05) is 13.7 Å². The van der Waals surface area contributed by atoms with Crippen molar-refractivity contribution in [3.63, 3.8) is 0 Å². The van der Waals surface area contributed by atoms with Crippen LogP contribution in [0.2, 0.25) is 0 Å². The Hall–Kier alpha value is -1.33. The van der Waals surface area contributed by atoms with Gasteiger partial charge in [-0.15, -0.1) is 0 Å². The Morgan fingerprint density at radius 2 is 2.05 bits per heavy atom. The van der Waals surface area contributed by atoms with Crippen molar-refractivity contribution in [1.82, 2.24) is 4.98 Å². The second-order valence-corrected chi connectivity index (χ2v) is 5.80. The first-order valence-corrected chi connectivity index (χ1v) is 7.75. The normalized spacial score (nSPS) is 11.0. The van der Waals surface area contributed by atoms with Gasteiger partial charge in [0.25, 0.3) is 0 Å². The molecule has 4 nitrogen and oxygen atoms in total. The molecular weight excluding hydrogens is 272 g/mol. The zero-order chi connectivity index (χ0) is 14.5. The van der Waals surface area contributed by atoms with E-state index < -0.39 is 0 Å². The van der Waals surface area contributed by atoms with E-state index in [1.54, 1.807) is 18.4 Å². The summed E-state index contributed by atoms with van der Waals surface area (Å²) >= 11 is 1.67. The topological polar surface area (TPSA) is 43.4 Å². The molecule has 0 saturated carbocycles. The molecule has 0 aliphatic carbocycles. The zero-order valence-corrected chi connectivity index (χ0v) is 13.4. The number of hydrogen-bond acceptors (Lipinski definition) is 5. The lowest BCUT2D eigenvalue weighted by atomic mass is 10.1. The SMILES string of the molecule is CCCOc1c(C)cc(C)c2sc(NCCOC)nc12. The van der Waals surface area contributed by atoms with Crippen molar-refractivity contribution in [2.75, 3.05) is 32.2 Å². The lowest BCUT2D eigenvalue weighted by Crippen LogP contribution is -2.07. The number of benzene rings is 1. The van der Waals surface area contributed by atoms with Crippen LogP contribution in [-0.4, -0.2) is 31.9 Å². The third-order valence-electron chi connectivity index (χ3n) is 3.02. The Balaban J connectivity index is 2.34. The van der Waals surface area contributed by atoms with Crippen molar-refractivity contribution in [1.29, 1.82) is 0 Å². The van der Waals surface area contributed by atoms with E-state index in [4.69, 9.17) is 9.47 Å². The quantitative estimate of drug-likeness (QED) is 0.790. The van der Waals surface area contributed by atoms with Crippen molar-refractivity contribution in [2.45, 2.75) is 27.2 Å². The fraction of sp³-hybridized carbons (Fsp3) is 0.533. The van der Waals surface area contributed by atoms with Crippen LogP contribution in [0.25, 0.3) is 10.2 Å².